The summed E-state index contributed by atoms with van der Waals surface area (Å²) in [4.78, 5) is 29.2. The van der Waals surface area contributed by atoms with Crippen LogP contribution in [-0.4, -0.2) is 16.8 Å². The van der Waals surface area contributed by atoms with Crippen LogP contribution in [0.5, 0.6) is 0 Å². The molecule has 7 nitrogen and oxygen atoms in total. The van der Waals surface area contributed by atoms with Crippen molar-refractivity contribution in [3.05, 3.63) is 114 Å². The maximum Gasteiger partial charge on any atom is 0.270 e. The Balaban J connectivity index is 1.31. The summed E-state index contributed by atoms with van der Waals surface area (Å²) in [6.45, 7) is 0.702. The molecule has 2 aromatic heterocycles. The number of hydrogen-bond acceptors (Lipinski definition) is 5. The summed E-state index contributed by atoms with van der Waals surface area (Å²) >= 11 is 1.16. The number of amides is 2. The molecule has 8 heteroatoms. The minimum Gasteiger partial charge on any atom is -0.364 e. The first-order chi connectivity index (χ1) is 17.0. The van der Waals surface area contributed by atoms with E-state index in [1.54, 1.807) is 12.1 Å². The van der Waals surface area contributed by atoms with Crippen molar-refractivity contribution < 1.29 is 14.2 Å². The standard InChI is InChI=1S/C27H21N5O2S/c28-24(33)23-26(35-27(30-23)29-22-13-12-19-6-2-3-7-21(19)16-22)31-25(34)20-10-8-18(9-11-20)17-32-14-4-1-5-15-32/h1-16H,17H2,(H3-,28,29,30,31,33,34)/p+1. The van der Waals surface area contributed by atoms with Crippen LogP contribution in [0.15, 0.2) is 97.3 Å². The number of aromatic nitrogens is 2. The number of fused-ring (bicyclic) bond motifs is 1. The summed E-state index contributed by atoms with van der Waals surface area (Å²) in [6.07, 6.45) is 3.97. The van der Waals surface area contributed by atoms with Crippen LogP contribution in [0, 0.1) is 0 Å². The fraction of sp³-hybridized carbons (Fsp3) is 0.0370. The fourth-order valence-electron chi connectivity index (χ4n) is 3.70. The molecule has 0 unspecified atom stereocenters. The number of benzene rings is 3. The number of anilines is 3. The van der Waals surface area contributed by atoms with Gasteiger partial charge in [-0.1, -0.05) is 59.9 Å². The van der Waals surface area contributed by atoms with Crippen molar-refractivity contribution in [2.24, 2.45) is 5.73 Å². The topological polar surface area (TPSA) is 101 Å². The molecule has 5 aromatic rings. The molecule has 172 valence electrons. The number of thiazole rings is 1. The molecule has 0 aliphatic heterocycles. The number of carbonyl (C=O) groups excluding carboxylic acids is 2. The molecular formula is C27H22N5O2S+. The summed E-state index contributed by atoms with van der Waals surface area (Å²) in [5, 5.41) is 8.94. The van der Waals surface area contributed by atoms with E-state index in [1.165, 1.54) is 0 Å². The zero-order valence-electron chi connectivity index (χ0n) is 18.6. The number of rotatable bonds is 7. The predicted molar refractivity (Wildman–Crippen MR) is 138 cm³/mol. The number of primary amides is 1. The fourth-order valence-corrected chi connectivity index (χ4v) is 4.59. The lowest BCUT2D eigenvalue weighted by Crippen LogP contribution is -2.32. The predicted octanol–water partition coefficient (Wildman–Crippen LogP) is 4.73. The Morgan fingerprint density at radius 1 is 0.886 bits per heavy atom. The third kappa shape index (κ3) is 5.18. The molecular weight excluding hydrogens is 458 g/mol. The van der Waals surface area contributed by atoms with Crippen LogP contribution in [-0.2, 0) is 6.54 Å². The lowest BCUT2D eigenvalue weighted by Gasteiger charge is -2.05. The molecule has 35 heavy (non-hydrogen) atoms. The Morgan fingerprint density at radius 2 is 1.63 bits per heavy atom. The van der Waals surface area contributed by atoms with Gasteiger partial charge in [-0.05, 0) is 35.0 Å². The van der Waals surface area contributed by atoms with Gasteiger partial charge in [0.1, 0.15) is 5.00 Å². The highest BCUT2D eigenvalue weighted by molar-refractivity contribution is 7.20. The van der Waals surface area contributed by atoms with Gasteiger partial charge in [-0.3, -0.25) is 9.59 Å². The van der Waals surface area contributed by atoms with Crippen molar-refractivity contribution >= 4 is 49.7 Å². The minimum atomic E-state index is -0.710. The molecule has 5 rings (SSSR count). The van der Waals surface area contributed by atoms with Crippen molar-refractivity contribution in [3.8, 4) is 0 Å². The number of hydrogen-bond donors (Lipinski definition) is 3. The first kappa shape index (κ1) is 22.2. The monoisotopic (exact) mass is 480 g/mol. The Labute approximate surface area is 205 Å². The highest BCUT2D eigenvalue weighted by atomic mass is 32.1. The quantitative estimate of drug-likeness (QED) is 0.293. The molecule has 4 N–H and O–H groups in total. The van der Waals surface area contributed by atoms with Crippen molar-refractivity contribution in [3.63, 3.8) is 0 Å². The van der Waals surface area contributed by atoms with Crippen LogP contribution in [0.4, 0.5) is 15.8 Å². The zero-order valence-corrected chi connectivity index (χ0v) is 19.5. The molecule has 0 bridgehead atoms. The van der Waals surface area contributed by atoms with Gasteiger partial charge in [-0.25, -0.2) is 9.55 Å². The van der Waals surface area contributed by atoms with Crippen LogP contribution in [0.3, 0.4) is 0 Å². The number of nitrogens with two attached hydrogens (primary N) is 1. The first-order valence-electron chi connectivity index (χ1n) is 11.0. The van der Waals surface area contributed by atoms with Crippen LogP contribution in [0.2, 0.25) is 0 Å². The summed E-state index contributed by atoms with van der Waals surface area (Å²) in [7, 11) is 0. The Bertz CT molecular complexity index is 1510. The van der Waals surface area contributed by atoms with E-state index in [2.05, 4.69) is 20.2 Å². The van der Waals surface area contributed by atoms with Gasteiger partial charge in [-0.15, -0.1) is 0 Å². The van der Waals surface area contributed by atoms with Gasteiger partial charge in [-0.2, -0.15) is 0 Å². The molecule has 0 radical (unpaired) electrons. The normalized spacial score (nSPS) is 10.7. The molecule has 0 atom stereocenters. The molecule has 0 aliphatic carbocycles. The molecule has 3 aromatic carbocycles. The summed E-state index contributed by atoms with van der Waals surface area (Å²) < 4.78 is 2.05. The largest absolute Gasteiger partial charge is 0.364 e. The van der Waals surface area contributed by atoms with Gasteiger partial charge in [0.05, 0.1) is 0 Å². The van der Waals surface area contributed by atoms with Gasteiger partial charge in [0, 0.05) is 28.9 Å². The maximum atomic E-state index is 12.9. The molecule has 0 saturated heterocycles. The summed E-state index contributed by atoms with van der Waals surface area (Å²) in [6, 6.07) is 27.2. The van der Waals surface area contributed by atoms with Crippen molar-refractivity contribution in [1.29, 1.82) is 0 Å². The van der Waals surface area contributed by atoms with E-state index in [0.29, 0.717) is 22.2 Å². The molecule has 0 saturated carbocycles. The Hall–Kier alpha value is -4.56. The smallest absolute Gasteiger partial charge is 0.270 e. The van der Waals surface area contributed by atoms with Gasteiger partial charge >= 0.3 is 0 Å². The average molecular weight is 481 g/mol. The molecule has 2 heterocycles. The molecule has 0 spiro atoms. The Morgan fingerprint density at radius 3 is 2.37 bits per heavy atom. The lowest BCUT2D eigenvalue weighted by molar-refractivity contribution is -0.688. The summed E-state index contributed by atoms with van der Waals surface area (Å²) in [5.41, 5.74) is 7.90. The molecule has 2 amide bonds. The highest BCUT2D eigenvalue weighted by Crippen LogP contribution is 2.31. The van der Waals surface area contributed by atoms with Crippen LogP contribution in [0.1, 0.15) is 26.4 Å². The first-order valence-corrected chi connectivity index (χ1v) is 11.8. The summed E-state index contributed by atoms with van der Waals surface area (Å²) in [5.74, 6) is -1.05. The second kappa shape index (κ2) is 9.74. The van der Waals surface area contributed by atoms with Crippen LogP contribution in [0.25, 0.3) is 10.8 Å². The van der Waals surface area contributed by atoms with Crippen molar-refractivity contribution in [2.45, 2.75) is 6.54 Å². The van der Waals surface area contributed by atoms with E-state index in [0.717, 1.165) is 33.4 Å². The van der Waals surface area contributed by atoms with Gasteiger partial charge in [0.25, 0.3) is 11.8 Å². The zero-order chi connectivity index (χ0) is 24.2. The second-order valence-electron chi connectivity index (χ2n) is 7.95. The van der Waals surface area contributed by atoms with E-state index >= 15 is 0 Å². The van der Waals surface area contributed by atoms with E-state index < -0.39 is 5.91 Å². The van der Waals surface area contributed by atoms with Crippen LogP contribution >= 0.6 is 11.3 Å². The second-order valence-corrected chi connectivity index (χ2v) is 8.95. The van der Waals surface area contributed by atoms with Crippen LogP contribution < -0.4 is 20.9 Å². The Kier molecular flexibility index (Phi) is 6.19. The number of nitrogens with zero attached hydrogens (tertiary/aromatic N) is 2. The molecule has 0 fully saturated rings. The lowest BCUT2D eigenvalue weighted by atomic mass is 10.1. The van der Waals surface area contributed by atoms with Crippen molar-refractivity contribution in [1.82, 2.24) is 4.98 Å². The van der Waals surface area contributed by atoms with Gasteiger partial charge in [0.15, 0.2) is 29.8 Å². The third-order valence-corrected chi connectivity index (χ3v) is 6.33. The average Bonchev–Trinajstić information content (AvgIpc) is 3.27. The maximum absolute atomic E-state index is 12.9. The van der Waals surface area contributed by atoms with Crippen molar-refractivity contribution in [2.75, 3.05) is 10.6 Å². The van der Waals surface area contributed by atoms with E-state index in [-0.39, 0.29) is 11.6 Å². The number of pyridine rings is 1. The van der Waals surface area contributed by atoms with E-state index in [4.69, 9.17) is 5.73 Å². The highest BCUT2D eigenvalue weighted by Gasteiger charge is 2.19. The molecule has 0 aliphatic rings. The van der Waals surface area contributed by atoms with E-state index in [1.807, 2.05) is 85.2 Å². The van der Waals surface area contributed by atoms with Gasteiger partial charge in [0.2, 0.25) is 0 Å². The van der Waals surface area contributed by atoms with Gasteiger partial charge < -0.3 is 16.4 Å². The third-order valence-electron chi connectivity index (χ3n) is 5.45. The number of carbonyl (C=O) groups is 2. The minimum absolute atomic E-state index is 0.0173. The SMILES string of the molecule is NC(=O)c1nc(Nc2ccc3ccccc3c2)sc1NC(=O)c1ccc(C[n+]2ccccc2)cc1. The van der Waals surface area contributed by atoms with E-state index in [9.17, 15) is 9.59 Å². The number of nitrogens with one attached hydrogen (secondary N) is 2.